The summed E-state index contributed by atoms with van der Waals surface area (Å²) in [6.07, 6.45) is 3.28. The Balaban J connectivity index is 1.67. The third-order valence-electron chi connectivity index (χ3n) is 3.76. The van der Waals surface area contributed by atoms with E-state index in [0.29, 0.717) is 23.3 Å². The summed E-state index contributed by atoms with van der Waals surface area (Å²) in [5.74, 6) is 0.779. The van der Waals surface area contributed by atoms with Crippen molar-refractivity contribution in [2.24, 2.45) is 0 Å². The zero-order valence-corrected chi connectivity index (χ0v) is 15.4. The number of anilines is 1. The number of nitrogens with one attached hydrogen (secondary N) is 1. The first-order valence-electron chi connectivity index (χ1n) is 7.68. The maximum absolute atomic E-state index is 12.7. The molecule has 1 aliphatic heterocycles. The molecule has 0 radical (unpaired) electrons. The van der Waals surface area contributed by atoms with E-state index in [1.807, 2.05) is 34.5 Å². The molecule has 8 heteroatoms. The summed E-state index contributed by atoms with van der Waals surface area (Å²) in [6.45, 7) is 1.29. The van der Waals surface area contributed by atoms with Gasteiger partial charge in [0.1, 0.15) is 0 Å². The Bertz CT molecular complexity index is 663. The fraction of sp³-hybridized carbons (Fsp3) is 0.375. The summed E-state index contributed by atoms with van der Waals surface area (Å²) < 4.78 is 5.34. The normalized spacial score (nSPS) is 17.5. The number of urea groups is 1. The predicted octanol–water partition coefficient (Wildman–Crippen LogP) is 4.31. The molecular formula is C16H18ClN3O2S2. The van der Waals surface area contributed by atoms with E-state index in [-0.39, 0.29) is 12.1 Å². The molecule has 24 heavy (non-hydrogen) atoms. The van der Waals surface area contributed by atoms with Gasteiger partial charge in [-0.25, -0.2) is 9.78 Å². The molecule has 1 atom stereocenters. The van der Waals surface area contributed by atoms with Crippen LogP contribution in [0.3, 0.4) is 0 Å². The Kier molecular flexibility index (Phi) is 6.37. The first-order chi connectivity index (χ1) is 11.7. The molecule has 1 aromatic carbocycles. The highest BCUT2D eigenvalue weighted by molar-refractivity contribution is 7.94. The Morgan fingerprint density at radius 1 is 1.50 bits per heavy atom. The van der Waals surface area contributed by atoms with Gasteiger partial charge in [0.15, 0.2) is 5.13 Å². The smallest absolute Gasteiger partial charge is 0.320 e. The van der Waals surface area contributed by atoms with Gasteiger partial charge in [0.25, 0.3) is 0 Å². The van der Waals surface area contributed by atoms with Crippen molar-refractivity contribution in [1.82, 2.24) is 9.88 Å². The third kappa shape index (κ3) is 4.86. The van der Waals surface area contributed by atoms with Crippen LogP contribution in [0.2, 0.25) is 5.02 Å². The maximum Gasteiger partial charge on any atom is 0.323 e. The van der Waals surface area contributed by atoms with Crippen LogP contribution in [0.5, 0.6) is 0 Å². The molecule has 0 aliphatic carbocycles. The number of hydrogen-bond donors (Lipinski definition) is 1. The maximum atomic E-state index is 12.7. The molecule has 2 aromatic rings. The molecule has 2 heterocycles. The Hall–Kier alpha value is -1.28. The van der Waals surface area contributed by atoms with Gasteiger partial charge >= 0.3 is 6.03 Å². The van der Waals surface area contributed by atoms with E-state index < -0.39 is 0 Å². The van der Waals surface area contributed by atoms with E-state index in [9.17, 15) is 4.79 Å². The second-order valence-electron chi connectivity index (χ2n) is 5.39. The fourth-order valence-electron chi connectivity index (χ4n) is 2.54. The van der Waals surface area contributed by atoms with Crippen molar-refractivity contribution in [2.45, 2.75) is 18.9 Å². The lowest BCUT2D eigenvalue weighted by atomic mass is 10.1. The van der Waals surface area contributed by atoms with Crippen LogP contribution in [0.15, 0.2) is 35.8 Å². The molecule has 0 saturated carbocycles. The highest BCUT2D eigenvalue weighted by Crippen LogP contribution is 2.22. The lowest BCUT2D eigenvalue weighted by Crippen LogP contribution is -2.46. The van der Waals surface area contributed by atoms with Gasteiger partial charge in [-0.2, -0.15) is 0 Å². The SMILES string of the molecule is O=C(Nc1nccs1)N(CCc1cccc(Cl)c1)C1CCOSC1. The first-order valence-corrected chi connectivity index (χ1v) is 9.85. The molecule has 5 nitrogen and oxygen atoms in total. The van der Waals surface area contributed by atoms with Gasteiger partial charge in [-0.05, 0) is 42.6 Å². The minimum absolute atomic E-state index is 0.112. The Morgan fingerprint density at radius 2 is 2.42 bits per heavy atom. The summed E-state index contributed by atoms with van der Waals surface area (Å²) >= 11 is 8.89. The highest BCUT2D eigenvalue weighted by Gasteiger charge is 2.26. The van der Waals surface area contributed by atoms with Crippen LogP contribution >= 0.6 is 35.0 Å². The molecule has 128 valence electrons. The van der Waals surface area contributed by atoms with E-state index in [4.69, 9.17) is 15.8 Å². The van der Waals surface area contributed by atoms with Gasteiger partial charge < -0.3 is 9.08 Å². The second kappa shape index (κ2) is 8.71. The van der Waals surface area contributed by atoms with Crippen molar-refractivity contribution in [3.63, 3.8) is 0 Å². The van der Waals surface area contributed by atoms with E-state index in [1.54, 1.807) is 6.20 Å². The highest BCUT2D eigenvalue weighted by atomic mass is 35.5. The molecule has 1 aromatic heterocycles. The Morgan fingerprint density at radius 3 is 3.12 bits per heavy atom. The van der Waals surface area contributed by atoms with Gasteiger partial charge in [-0.15, -0.1) is 11.3 Å². The number of nitrogens with zero attached hydrogens (tertiary/aromatic N) is 2. The van der Waals surface area contributed by atoms with E-state index in [0.717, 1.165) is 24.2 Å². The number of carbonyl (C=O) groups excluding carboxylic acids is 1. The van der Waals surface area contributed by atoms with Crippen molar-refractivity contribution in [3.8, 4) is 0 Å². The molecule has 2 amide bonds. The van der Waals surface area contributed by atoms with Gasteiger partial charge in [0.2, 0.25) is 0 Å². The van der Waals surface area contributed by atoms with Gasteiger partial charge in [0.05, 0.1) is 6.61 Å². The van der Waals surface area contributed by atoms with Crippen molar-refractivity contribution in [2.75, 3.05) is 24.2 Å². The molecule has 0 bridgehead atoms. The van der Waals surface area contributed by atoms with Gasteiger partial charge in [-0.1, -0.05) is 23.7 Å². The predicted molar refractivity (Wildman–Crippen MR) is 99.8 cm³/mol. The molecule has 1 aliphatic rings. The average molecular weight is 384 g/mol. The molecule has 1 fully saturated rings. The minimum atomic E-state index is -0.112. The van der Waals surface area contributed by atoms with Crippen LogP contribution in [-0.2, 0) is 10.6 Å². The summed E-state index contributed by atoms with van der Waals surface area (Å²) in [5.41, 5.74) is 1.12. The summed E-state index contributed by atoms with van der Waals surface area (Å²) in [6, 6.07) is 7.80. The first kappa shape index (κ1) is 17.5. The summed E-state index contributed by atoms with van der Waals surface area (Å²) in [5, 5.41) is 6.06. The minimum Gasteiger partial charge on any atom is -0.320 e. The van der Waals surface area contributed by atoms with Crippen LogP contribution < -0.4 is 5.32 Å². The zero-order valence-electron chi connectivity index (χ0n) is 13.0. The second-order valence-corrected chi connectivity index (χ2v) is 7.53. The van der Waals surface area contributed by atoms with Crippen molar-refractivity contribution < 1.29 is 8.98 Å². The molecule has 1 saturated heterocycles. The van der Waals surface area contributed by atoms with E-state index in [2.05, 4.69) is 10.3 Å². The van der Waals surface area contributed by atoms with Crippen molar-refractivity contribution >= 4 is 46.1 Å². The zero-order chi connectivity index (χ0) is 16.8. The lowest BCUT2D eigenvalue weighted by molar-refractivity contribution is 0.176. The van der Waals surface area contributed by atoms with Gasteiger partial charge in [0, 0.05) is 34.9 Å². The summed E-state index contributed by atoms with van der Waals surface area (Å²) in [4.78, 5) is 18.7. The van der Waals surface area contributed by atoms with E-state index in [1.165, 1.54) is 23.4 Å². The number of amides is 2. The standard InChI is InChI=1S/C16H18ClN3O2S2/c17-13-3-1-2-12(10-13)4-7-20(14-5-8-22-24-11-14)16(21)19-15-18-6-9-23-15/h1-3,6,9-10,14H,4-5,7-8,11H2,(H,18,19,21). The average Bonchev–Trinajstić information content (AvgIpc) is 3.09. The largest absolute Gasteiger partial charge is 0.323 e. The van der Waals surface area contributed by atoms with Crippen LogP contribution in [0.25, 0.3) is 0 Å². The number of carbonyl (C=O) groups is 1. The molecule has 3 rings (SSSR count). The summed E-state index contributed by atoms with van der Waals surface area (Å²) in [7, 11) is 0. The fourth-order valence-corrected chi connectivity index (χ4v) is 4.08. The van der Waals surface area contributed by atoms with Crippen molar-refractivity contribution in [3.05, 3.63) is 46.4 Å². The molecular weight excluding hydrogens is 366 g/mol. The lowest BCUT2D eigenvalue weighted by Gasteiger charge is -2.33. The molecule has 0 spiro atoms. The number of aromatic nitrogens is 1. The monoisotopic (exact) mass is 383 g/mol. The van der Waals surface area contributed by atoms with Crippen molar-refractivity contribution in [1.29, 1.82) is 0 Å². The van der Waals surface area contributed by atoms with E-state index >= 15 is 0 Å². The van der Waals surface area contributed by atoms with Gasteiger partial charge in [-0.3, -0.25) is 5.32 Å². The number of thiazole rings is 1. The molecule has 1 N–H and O–H groups in total. The third-order valence-corrected chi connectivity index (χ3v) is 5.53. The van der Waals surface area contributed by atoms with Crippen LogP contribution in [-0.4, -0.2) is 40.9 Å². The quantitative estimate of drug-likeness (QED) is 0.781. The molecule has 1 unspecified atom stereocenters. The number of hydrogen-bond acceptors (Lipinski definition) is 5. The Labute approximate surface area is 154 Å². The topological polar surface area (TPSA) is 54.5 Å². The number of halogens is 1. The number of rotatable bonds is 5. The van der Waals surface area contributed by atoms with Crippen LogP contribution in [0, 0.1) is 0 Å². The van der Waals surface area contributed by atoms with Crippen LogP contribution in [0.1, 0.15) is 12.0 Å². The number of benzene rings is 1. The van der Waals surface area contributed by atoms with Crippen LogP contribution in [0.4, 0.5) is 9.93 Å².